The summed E-state index contributed by atoms with van der Waals surface area (Å²) in [6.07, 6.45) is -4.35. The van der Waals surface area contributed by atoms with E-state index in [0.29, 0.717) is 5.69 Å². The number of benzene rings is 3. The van der Waals surface area contributed by atoms with Crippen LogP contribution in [-0.4, -0.2) is 7.05 Å². The lowest BCUT2D eigenvalue weighted by Gasteiger charge is -2.22. The molecular formula is C22H20F3N. The minimum absolute atomic E-state index is 0.226. The van der Waals surface area contributed by atoms with E-state index >= 15 is 0 Å². The van der Waals surface area contributed by atoms with Gasteiger partial charge in [0, 0.05) is 18.4 Å². The molecule has 0 aliphatic carbocycles. The topological polar surface area (TPSA) is 3.24 Å². The first-order valence-electron chi connectivity index (χ1n) is 8.34. The van der Waals surface area contributed by atoms with E-state index in [1.807, 2.05) is 31.2 Å². The van der Waals surface area contributed by atoms with Crippen LogP contribution in [0.15, 0.2) is 66.7 Å². The zero-order chi connectivity index (χ0) is 18.9. The average Bonchev–Trinajstić information content (AvgIpc) is 2.61. The van der Waals surface area contributed by atoms with Crippen molar-refractivity contribution in [2.45, 2.75) is 20.0 Å². The van der Waals surface area contributed by atoms with E-state index in [1.54, 1.807) is 18.0 Å². The highest BCUT2D eigenvalue weighted by atomic mass is 19.4. The van der Waals surface area contributed by atoms with Crippen LogP contribution in [-0.2, 0) is 6.18 Å². The van der Waals surface area contributed by atoms with Crippen molar-refractivity contribution in [3.8, 4) is 11.1 Å². The summed E-state index contributed by atoms with van der Waals surface area (Å²) < 4.78 is 39.4. The molecule has 26 heavy (non-hydrogen) atoms. The molecule has 0 atom stereocenters. The van der Waals surface area contributed by atoms with Gasteiger partial charge >= 0.3 is 6.18 Å². The minimum atomic E-state index is -4.35. The molecule has 0 aliphatic heterocycles. The van der Waals surface area contributed by atoms with E-state index in [9.17, 15) is 13.2 Å². The van der Waals surface area contributed by atoms with E-state index in [1.165, 1.54) is 24.6 Å². The van der Waals surface area contributed by atoms with Gasteiger partial charge < -0.3 is 4.90 Å². The Hall–Kier alpha value is -2.75. The Kier molecular flexibility index (Phi) is 4.77. The van der Waals surface area contributed by atoms with Crippen molar-refractivity contribution in [2.24, 2.45) is 0 Å². The molecule has 0 N–H and O–H groups in total. The molecule has 134 valence electrons. The van der Waals surface area contributed by atoms with Crippen LogP contribution >= 0.6 is 0 Å². The molecule has 0 aliphatic rings. The van der Waals surface area contributed by atoms with Crippen molar-refractivity contribution in [2.75, 3.05) is 11.9 Å². The summed E-state index contributed by atoms with van der Waals surface area (Å²) >= 11 is 0. The van der Waals surface area contributed by atoms with Crippen molar-refractivity contribution in [1.82, 2.24) is 0 Å². The Morgan fingerprint density at radius 1 is 0.692 bits per heavy atom. The lowest BCUT2D eigenvalue weighted by molar-refractivity contribution is -0.138. The van der Waals surface area contributed by atoms with Gasteiger partial charge in [-0.15, -0.1) is 0 Å². The summed E-state index contributed by atoms with van der Waals surface area (Å²) in [5, 5.41) is 0. The lowest BCUT2D eigenvalue weighted by Crippen LogP contribution is -2.13. The zero-order valence-corrected chi connectivity index (χ0v) is 14.9. The second-order valence-corrected chi connectivity index (χ2v) is 6.47. The number of hydrogen-bond donors (Lipinski definition) is 0. The molecular weight excluding hydrogens is 335 g/mol. The fourth-order valence-electron chi connectivity index (χ4n) is 2.90. The summed E-state index contributed by atoms with van der Waals surface area (Å²) in [4.78, 5) is 1.76. The number of nitrogens with zero attached hydrogens (tertiary/aromatic N) is 1. The SMILES string of the molecule is Cc1ccc(-c2ccc(N(C)c3ccc(C)c(C(F)(F)F)c3)cc2)cc1. The van der Waals surface area contributed by atoms with Crippen LogP contribution in [0.25, 0.3) is 11.1 Å². The van der Waals surface area contributed by atoms with Gasteiger partial charge in [-0.25, -0.2) is 0 Å². The van der Waals surface area contributed by atoms with Gasteiger partial charge in [0.1, 0.15) is 0 Å². The Morgan fingerprint density at radius 3 is 1.73 bits per heavy atom. The largest absolute Gasteiger partial charge is 0.416 e. The monoisotopic (exact) mass is 355 g/mol. The smallest absolute Gasteiger partial charge is 0.345 e. The van der Waals surface area contributed by atoms with Gasteiger partial charge in [-0.05, 0) is 54.8 Å². The van der Waals surface area contributed by atoms with Gasteiger partial charge in [-0.2, -0.15) is 13.2 Å². The number of aryl methyl sites for hydroxylation is 2. The molecule has 0 heterocycles. The third kappa shape index (κ3) is 3.74. The minimum Gasteiger partial charge on any atom is -0.345 e. The van der Waals surface area contributed by atoms with Crippen LogP contribution in [0.1, 0.15) is 16.7 Å². The Morgan fingerprint density at radius 2 is 1.19 bits per heavy atom. The molecule has 0 bridgehead atoms. The number of hydrogen-bond acceptors (Lipinski definition) is 1. The first kappa shape index (κ1) is 18.1. The highest BCUT2D eigenvalue weighted by Crippen LogP contribution is 2.35. The zero-order valence-electron chi connectivity index (χ0n) is 14.9. The van der Waals surface area contributed by atoms with Gasteiger partial charge in [0.15, 0.2) is 0 Å². The number of halogens is 3. The first-order chi connectivity index (χ1) is 12.3. The van der Waals surface area contributed by atoms with Crippen LogP contribution < -0.4 is 4.90 Å². The maximum absolute atomic E-state index is 13.1. The summed E-state index contributed by atoms with van der Waals surface area (Å²) in [6.45, 7) is 3.52. The highest BCUT2D eigenvalue weighted by molar-refractivity contribution is 5.70. The van der Waals surface area contributed by atoms with Crippen LogP contribution in [0.3, 0.4) is 0 Å². The van der Waals surface area contributed by atoms with Gasteiger partial charge in [0.25, 0.3) is 0 Å². The van der Waals surface area contributed by atoms with Crippen LogP contribution in [0, 0.1) is 13.8 Å². The van der Waals surface area contributed by atoms with Gasteiger partial charge in [0.05, 0.1) is 5.56 Å². The van der Waals surface area contributed by atoms with Crippen molar-refractivity contribution in [1.29, 1.82) is 0 Å². The van der Waals surface area contributed by atoms with Crippen molar-refractivity contribution in [3.63, 3.8) is 0 Å². The standard InChI is InChI=1S/C22H20F3N/c1-15-4-7-17(8-5-15)18-9-12-19(13-10-18)26(3)20-11-6-16(2)21(14-20)22(23,24)25/h4-14H,1-3H3. The van der Waals surface area contributed by atoms with Crippen molar-refractivity contribution < 1.29 is 13.2 Å². The number of anilines is 2. The molecule has 0 fully saturated rings. The van der Waals surface area contributed by atoms with Gasteiger partial charge in [0.2, 0.25) is 0 Å². The van der Waals surface area contributed by atoms with Crippen LogP contribution in [0.4, 0.5) is 24.5 Å². The molecule has 0 aromatic heterocycles. The predicted octanol–water partition coefficient (Wildman–Crippen LogP) is 6.76. The molecule has 3 aromatic rings. The molecule has 1 nitrogen and oxygen atoms in total. The average molecular weight is 355 g/mol. The van der Waals surface area contributed by atoms with E-state index < -0.39 is 11.7 Å². The summed E-state index contributed by atoms with van der Waals surface area (Å²) in [6, 6.07) is 20.4. The summed E-state index contributed by atoms with van der Waals surface area (Å²) in [7, 11) is 1.77. The van der Waals surface area contributed by atoms with Crippen molar-refractivity contribution in [3.05, 3.63) is 83.4 Å². The second kappa shape index (κ2) is 6.87. The quantitative estimate of drug-likeness (QED) is 0.502. The summed E-state index contributed by atoms with van der Waals surface area (Å²) in [5.41, 5.74) is 4.35. The van der Waals surface area contributed by atoms with Crippen molar-refractivity contribution >= 4 is 11.4 Å². The molecule has 4 heteroatoms. The molecule has 0 saturated carbocycles. The maximum atomic E-state index is 13.1. The lowest BCUT2D eigenvalue weighted by atomic mass is 10.0. The van der Waals surface area contributed by atoms with E-state index in [-0.39, 0.29) is 5.56 Å². The number of alkyl halides is 3. The third-order valence-electron chi connectivity index (χ3n) is 4.55. The molecule has 0 saturated heterocycles. The normalized spacial score (nSPS) is 11.5. The summed E-state index contributed by atoms with van der Waals surface area (Å²) in [5.74, 6) is 0. The fourth-order valence-corrected chi connectivity index (χ4v) is 2.90. The maximum Gasteiger partial charge on any atom is 0.416 e. The number of rotatable bonds is 3. The molecule has 0 amide bonds. The predicted molar refractivity (Wildman–Crippen MR) is 101 cm³/mol. The Bertz CT molecular complexity index is 894. The van der Waals surface area contributed by atoms with E-state index in [4.69, 9.17) is 0 Å². The molecule has 0 radical (unpaired) electrons. The highest BCUT2D eigenvalue weighted by Gasteiger charge is 2.32. The third-order valence-corrected chi connectivity index (χ3v) is 4.55. The molecule has 3 rings (SSSR count). The molecule has 0 unspecified atom stereocenters. The van der Waals surface area contributed by atoms with Gasteiger partial charge in [-0.3, -0.25) is 0 Å². The fraction of sp³-hybridized carbons (Fsp3) is 0.182. The Balaban J connectivity index is 1.89. The van der Waals surface area contributed by atoms with E-state index in [0.717, 1.165) is 16.8 Å². The second-order valence-electron chi connectivity index (χ2n) is 6.47. The molecule has 0 spiro atoms. The Labute approximate surface area is 151 Å². The molecule has 3 aromatic carbocycles. The van der Waals surface area contributed by atoms with Crippen LogP contribution in [0.5, 0.6) is 0 Å². The first-order valence-corrected chi connectivity index (χ1v) is 8.34. The van der Waals surface area contributed by atoms with E-state index in [2.05, 4.69) is 24.3 Å². The van der Waals surface area contributed by atoms with Crippen LogP contribution in [0.2, 0.25) is 0 Å². The van der Waals surface area contributed by atoms with Gasteiger partial charge in [-0.1, -0.05) is 48.0 Å².